The summed E-state index contributed by atoms with van der Waals surface area (Å²) in [5.74, 6) is 2.02. The second-order valence-electron chi connectivity index (χ2n) is 6.15. The number of halogens is 1. The van der Waals surface area contributed by atoms with Gasteiger partial charge in [0.2, 0.25) is 0 Å². The van der Waals surface area contributed by atoms with E-state index in [1.165, 1.54) is 12.8 Å². The fourth-order valence-electron chi connectivity index (χ4n) is 2.86. The minimum atomic E-state index is -0.301. The maximum absolute atomic E-state index is 5.89. The molecular weight excluding hydrogens is 336 g/mol. The van der Waals surface area contributed by atoms with Gasteiger partial charge in [-0.25, -0.2) is 4.98 Å². The Morgan fingerprint density at radius 1 is 1.40 bits per heavy atom. The molecule has 20 heavy (non-hydrogen) atoms. The lowest BCUT2D eigenvalue weighted by Crippen LogP contribution is -2.35. The first kappa shape index (κ1) is 16.1. The van der Waals surface area contributed by atoms with Gasteiger partial charge < -0.3 is 9.72 Å². The molecule has 2 rings (SSSR count). The lowest BCUT2D eigenvalue weighted by Gasteiger charge is -2.37. The first-order chi connectivity index (χ1) is 9.39. The Labute approximate surface area is 134 Å². The maximum Gasteiger partial charge on any atom is 0.144 e. The highest BCUT2D eigenvalue weighted by Gasteiger charge is 2.38. The van der Waals surface area contributed by atoms with E-state index in [1.54, 1.807) is 7.11 Å². The fraction of sp³-hybridized carbons (Fsp3) is 0.733. The van der Waals surface area contributed by atoms with E-state index >= 15 is 0 Å². The lowest BCUT2D eigenvalue weighted by atomic mass is 9.79. The zero-order chi connectivity index (χ0) is 14.9. The van der Waals surface area contributed by atoms with Crippen LogP contribution in [0.15, 0.2) is 4.47 Å². The van der Waals surface area contributed by atoms with Crippen LogP contribution in [0.5, 0.6) is 0 Å². The Hall–Kier alpha value is -0.260. The number of aromatic nitrogens is 2. The second kappa shape index (κ2) is 6.24. The molecule has 0 bridgehead atoms. The van der Waals surface area contributed by atoms with Crippen molar-refractivity contribution in [1.82, 2.24) is 9.97 Å². The third-order valence-electron chi connectivity index (χ3n) is 4.37. The lowest BCUT2D eigenvalue weighted by molar-refractivity contribution is -0.0600. The van der Waals surface area contributed by atoms with Gasteiger partial charge in [-0.05, 0) is 53.4 Å². The minimum absolute atomic E-state index is 0.301. The summed E-state index contributed by atoms with van der Waals surface area (Å²) in [6.07, 6.45) is 4.34. The molecule has 0 saturated heterocycles. The summed E-state index contributed by atoms with van der Waals surface area (Å²) in [7, 11) is 1.78. The standard InChI is InChI=1S/C15H23BrN2OS/c1-9(2)12-11(16)13(20)18-14(17-12)15(19-4)7-5-10(3)6-8-15/h9-10H,5-8H2,1-4H3,(H,17,18,20). The molecule has 5 heteroatoms. The summed E-state index contributed by atoms with van der Waals surface area (Å²) in [5.41, 5.74) is 0.805. The van der Waals surface area contributed by atoms with Gasteiger partial charge in [0.1, 0.15) is 16.1 Å². The van der Waals surface area contributed by atoms with Crippen LogP contribution in [0.3, 0.4) is 0 Å². The zero-order valence-corrected chi connectivity index (χ0v) is 15.0. The van der Waals surface area contributed by atoms with Gasteiger partial charge in [-0.15, -0.1) is 0 Å². The largest absolute Gasteiger partial charge is 0.370 e. The molecule has 1 N–H and O–H groups in total. The molecule has 1 aliphatic rings. The van der Waals surface area contributed by atoms with E-state index in [0.29, 0.717) is 10.6 Å². The molecule has 1 heterocycles. The average Bonchev–Trinajstić information content (AvgIpc) is 2.42. The summed E-state index contributed by atoms with van der Waals surface area (Å²) < 4.78 is 7.41. The van der Waals surface area contributed by atoms with Crippen LogP contribution in [0.2, 0.25) is 0 Å². The number of ether oxygens (including phenoxy) is 1. The molecule has 0 atom stereocenters. The number of nitrogens with one attached hydrogen (secondary N) is 1. The van der Waals surface area contributed by atoms with E-state index in [4.69, 9.17) is 17.0 Å². The summed E-state index contributed by atoms with van der Waals surface area (Å²) in [5, 5.41) is 0. The van der Waals surface area contributed by atoms with Crippen molar-refractivity contribution in [3.8, 4) is 0 Å². The molecule has 1 fully saturated rings. The molecule has 0 amide bonds. The zero-order valence-electron chi connectivity index (χ0n) is 12.6. The van der Waals surface area contributed by atoms with Crippen molar-refractivity contribution in [1.29, 1.82) is 0 Å². The summed E-state index contributed by atoms with van der Waals surface area (Å²) >= 11 is 8.95. The third kappa shape index (κ3) is 3.00. The molecule has 1 saturated carbocycles. The van der Waals surface area contributed by atoms with Crippen molar-refractivity contribution in [3.05, 3.63) is 20.6 Å². The third-order valence-corrected chi connectivity index (χ3v) is 5.73. The van der Waals surface area contributed by atoms with Crippen molar-refractivity contribution in [2.45, 2.75) is 58.0 Å². The van der Waals surface area contributed by atoms with Crippen LogP contribution in [-0.2, 0) is 10.3 Å². The van der Waals surface area contributed by atoms with Crippen LogP contribution in [0.25, 0.3) is 0 Å². The maximum atomic E-state index is 5.89. The van der Waals surface area contributed by atoms with Crippen LogP contribution in [-0.4, -0.2) is 17.1 Å². The highest BCUT2D eigenvalue weighted by molar-refractivity contribution is 9.10. The van der Waals surface area contributed by atoms with Crippen molar-refractivity contribution >= 4 is 28.1 Å². The van der Waals surface area contributed by atoms with Gasteiger partial charge in [0.25, 0.3) is 0 Å². The quantitative estimate of drug-likeness (QED) is 0.765. The molecule has 3 nitrogen and oxygen atoms in total. The van der Waals surface area contributed by atoms with Gasteiger partial charge in [-0.1, -0.05) is 33.0 Å². The molecule has 1 aromatic rings. The predicted molar refractivity (Wildman–Crippen MR) is 87.5 cm³/mol. The van der Waals surface area contributed by atoms with E-state index in [1.807, 2.05) is 0 Å². The molecule has 0 radical (unpaired) electrons. The number of hydrogen-bond donors (Lipinski definition) is 1. The predicted octanol–water partition coefficient (Wildman–Crippen LogP) is 5.08. The van der Waals surface area contributed by atoms with Crippen LogP contribution >= 0.6 is 28.1 Å². The van der Waals surface area contributed by atoms with E-state index in [9.17, 15) is 0 Å². The van der Waals surface area contributed by atoms with E-state index < -0.39 is 0 Å². The Kier molecular flexibility index (Phi) is 5.03. The molecule has 1 aromatic heterocycles. The number of nitrogens with zero attached hydrogens (tertiary/aromatic N) is 1. The van der Waals surface area contributed by atoms with E-state index in [2.05, 4.69) is 46.7 Å². The molecule has 1 aliphatic carbocycles. The van der Waals surface area contributed by atoms with Gasteiger partial charge >= 0.3 is 0 Å². The van der Waals surface area contributed by atoms with E-state index in [0.717, 1.165) is 34.8 Å². The average molecular weight is 359 g/mol. The Morgan fingerprint density at radius 2 is 2.00 bits per heavy atom. The van der Waals surface area contributed by atoms with Crippen LogP contribution < -0.4 is 0 Å². The molecule has 112 valence electrons. The second-order valence-corrected chi connectivity index (χ2v) is 7.33. The van der Waals surface area contributed by atoms with Gasteiger partial charge in [-0.3, -0.25) is 0 Å². The molecule has 0 spiro atoms. The first-order valence-electron chi connectivity index (χ1n) is 7.25. The topological polar surface area (TPSA) is 37.9 Å². The Balaban J connectivity index is 2.48. The Bertz CT molecular complexity index is 533. The smallest absolute Gasteiger partial charge is 0.144 e. The monoisotopic (exact) mass is 358 g/mol. The summed E-state index contributed by atoms with van der Waals surface area (Å²) in [6, 6.07) is 0. The number of H-pyrrole nitrogens is 1. The van der Waals surface area contributed by atoms with Crippen LogP contribution in [0, 0.1) is 10.6 Å². The number of methoxy groups -OCH3 is 1. The molecule has 0 aliphatic heterocycles. The number of rotatable bonds is 3. The normalized spacial score (nSPS) is 27.0. The molecular formula is C15H23BrN2OS. The van der Waals surface area contributed by atoms with Crippen LogP contribution in [0.1, 0.15) is 63.9 Å². The molecule has 0 aromatic carbocycles. The summed E-state index contributed by atoms with van der Waals surface area (Å²) in [4.78, 5) is 8.07. The SMILES string of the molecule is COC1(c2nc(=S)c(Br)c(C(C)C)[nH]2)CCC(C)CC1. The number of hydrogen-bond acceptors (Lipinski definition) is 3. The highest BCUT2D eigenvalue weighted by Crippen LogP contribution is 2.41. The van der Waals surface area contributed by atoms with Crippen molar-refractivity contribution in [2.24, 2.45) is 5.92 Å². The van der Waals surface area contributed by atoms with E-state index in [-0.39, 0.29) is 5.60 Å². The van der Waals surface area contributed by atoms with Crippen LogP contribution in [0.4, 0.5) is 0 Å². The van der Waals surface area contributed by atoms with Gasteiger partial charge in [0, 0.05) is 12.8 Å². The Morgan fingerprint density at radius 3 is 2.50 bits per heavy atom. The van der Waals surface area contributed by atoms with Crippen molar-refractivity contribution in [3.63, 3.8) is 0 Å². The van der Waals surface area contributed by atoms with Gasteiger partial charge in [0.15, 0.2) is 0 Å². The first-order valence-corrected chi connectivity index (χ1v) is 8.45. The van der Waals surface area contributed by atoms with Crippen molar-refractivity contribution < 1.29 is 4.74 Å². The summed E-state index contributed by atoms with van der Waals surface area (Å²) in [6.45, 7) is 6.60. The molecule has 0 unspecified atom stereocenters. The number of aromatic amines is 1. The highest BCUT2D eigenvalue weighted by atomic mass is 79.9. The fourth-order valence-corrected chi connectivity index (χ4v) is 3.70. The minimum Gasteiger partial charge on any atom is -0.370 e. The van der Waals surface area contributed by atoms with Gasteiger partial charge in [0.05, 0.1) is 4.47 Å². The van der Waals surface area contributed by atoms with Crippen molar-refractivity contribution in [2.75, 3.05) is 7.11 Å². The van der Waals surface area contributed by atoms with Gasteiger partial charge in [-0.2, -0.15) is 0 Å².